The number of hydrogen-bond acceptors (Lipinski definition) is 12. The second-order valence-corrected chi connectivity index (χ2v) is 12.6. The van der Waals surface area contributed by atoms with E-state index in [1.165, 1.54) is 6.33 Å². The highest BCUT2D eigenvalue weighted by Crippen LogP contribution is 2.33. The van der Waals surface area contributed by atoms with Gasteiger partial charge in [0.05, 0.1) is 44.2 Å². The minimum Gasteiger partial charge on any atom is -0.495 e. The van der Waals surface area contributed by atoms with Gasteiger partial charge >= 0.3 is 6.09 Å². The summed E-state index contributed by atoms with van der Waals surface area (Å²) in [6, 6.07) is 14.0. The number of ether oxygens (including phenoxy) is 4. The molecule has 1 N–H and O–H groups in total. The van der Waals surface area contributed by atoms with Gasteiger partial charge in [-0.05, 0) is 51.1 Å². The molecule has 1 atom stereocenters. The lowest BCUT2D eigenvalue weighted by Crippen LogP contribution is -2.56. The summed E-state index contributed by atoms with van der Waals surface area (Å²) in [6.45, 7) is 12.0. The van der Waals surface area contributed by atoms with Crippen LogP contribution in [0.15, 0.2) is 42.7 Å². The van der Waals surface area contributed by atoms with Crippen LogP contribution in [0.5, 0.6) is 11.5 Å². The second-order valence-electron chi connectivity index (χ2n) is 12.6. The number of carbonyl (C=O) groups is 1. The smallest absolute Gasteiger partial charge is 0.410 e. The molecule has 1 amide bonds. The Labute approximate surface area is 269 Å². The lowest BCUT2D eigenvalue weighted by molar-refractivity contribution is -0.0660. The molecule has 0 unspecified atom stereocenters. The number of nitrogens with one attached hydrogen (secondary N) is 1. The Morgan fingerprint density at radius 2 is 1.85 bits per heavy atom. The van der Waals surface area contributed by atoms with Crippen LogP contribution < -0.4 is 19.7 Å². The quantitative estimate of drug-likeness (QED) is 0.385. The number of carbonyl (C=O) groups excluding carboxylic acids is 1. The monoisotopic (exact) mass is 628 g/mol. The van der Waals surface area contributed by atoms with E-state index in [9.17, 15) is 10.1 Å². The summed E-state index contributed by atoms with van der Waals surface area (Å²) >= 11 is 0. The van der Waals surface area contributed by atoms with Crippen molar-refractivity contribution in [2.45, 2.75) is 44.9 Å². The minimum absolute atomic E-state index is 0.242. The van der Waals surface area contributed by atoms with E-state index in [0.717, 1.165) is 56.5 Å². The van der Waals surface area contributed by atoms with Crippen molar-refractivity contribution in [1.29, 1.82) is 5.26 Å². The minimum atomic E-state index is -0.566. The lowest BCUT2D eigenvalue weighted by atomic mass is 10.1. The first-order valence-corrected chi connectivity index (χ1v) is 15.6. The molecular weight excluding hydrogens is 588 g/mol. The molecule has 3 saturated heterocycles. The highest BCUT2D eigenvalue weighted by atomic mass is 16.6. The molecule has 3 aromatic rings. The summed E-state index contributed by atoms with van der Waals surface area (Å²) in [5.41, 5.74) is 2.27. The molecule has 13 heteroatoms. The van der Waals surface area contributed by atoms with Crippen molar-refractivity contribution in [2.24, 2.45) is 0 Å². The van der Waals surface area contributed by atoms with Crippen molar-refractivity contribution in [2.75, 3.05) is 69.8 Å². The van der Waals surface area contributed by atoms with Gasteiger partial charge in [-0.15, -0.1) is 0 Å². The fourth-order valence-corrected chi connectivity index (χ4v) is 5.76. The maximum Gasteiger partial charge on any atom is 0.410 e. The molecule has 0 saturated carbocycles. The van der Waals surface area contributed by atoms with Gasteiger partial charge in [-0.3, -0.25) is 4.90 Å². The third-order valence-corrected chi connectivity index (χ3v) is 8.25. The van der Waals surface area contributed by atoms with Gasteiger partial charge < -0.3 is 34.1 Å². The summed E-state index contributed by atoms with van der Waals surface area (Å²) in [7, 11) is 1.68. The van der Waals surface area contributed by atoms with Crippen LogP contribution in [0.25, 0.3) is 11.4 Å². The molecular formula is C33H40N8O5. The van der Waals surface area contributed by atoms with E-state index < -0.39 is 5.60 Å². The van der Waals surface area contributed by atoms with E-state index in [1.54, 1.807) is 24.1 Å². The van der Waals surface area contributed by atoms with Gasteiger partial charge in [0.2, 0.25) is 5.95 Å². The van der Waals surface area contributed by atoms with E-state index in [-0.39, 0.29) is 12.2 Å². The van der Waals surface area contributed by atoms with Crippen molar-refractivity contribution in [3.8, 4) is 29.0 Å². The zero-order valence-corrected chi connectivity index (χ0v) is 26.7. The number of aromatic nitrogens is 3. The zero-order chi connectivity index (χ0) is 32.3. The van der Waals surface area contributed by atoms with E-state index >= 15 is 0 Å². The van der Waals surface area contributed by atoms with Gasteiger partial charge in [0.15, 0.2) is 5.82 Å². The van der Waals surface area contributed by atoms with Gasteiger partial charge in [0.1, 0.15) is 35.6 Å². The third kappa shape index (κ3) is 7.24. The van der Waals surface area contributed by atoms with Crippen molar-refractivity contribution in [3.05, 3.63) is 48.3 Å². The molecule has 1 aromatic heterocycles. The highest BCUT2D eigenvalue weighted by Gasteiger charge is 2.32. The summed E-state index contributed by atoms with van der Waals surface area (Å²) < 4.78 is 22.7. The van der Waals surface area contributed by atoms with E-state index in [1.807, 2.05) is 39.0 Å². The van der Waals surface area contributed by atoms with Crippen LogP contribution in [0.2, 0.25) is 0 Å². The fraction of sp³-hybridized carbons (Fsp3) is 0.485. The van der Waals surface area contributed by atoms with Crippen molar-refractivity contribution >= 4 is 23.4 Å². The van der Waals surface area contributed by atoms with E-state index in [2.05, 4.69) is 42.2 Å². The maximum absolute atomic E-state index is 12.4. The van der Waals surface area contributed by atoms with Crippen LogP contribution in [-0.2, 0) is 9.47 Å². The Balaban J connectivity index is 1.10. The molecule has 2 aromatic carbocycles. The molecule has 0 aliphatic carbocycles. The molecule has 0 bridgehead atoms. The highest BCUT2D eigenvalue weighted by molar-refractivity contribution is 5.69. The molecule has 6 rings (SSSR count). The number of rotatable bonds is 8. The topological polar surface area (TPSA) is 138 Å². The number of anilines is 3. The third-order valence-electron chi connectivity index (χ3n) is 8.25. The maximum atomic E-state index is 12.4. The first-order chi connectivity index (χ1) is 22.2. The number of hydrogen-bond donors (Lipinski definition) is 1. The second kappa shape index (κ2) is 13.4. The van der Waals surface area contributed by atoms with Gasteiger partial charge in [0, 0.05) is 56.5 Å². The molecule has 46 heavy (non-hydrogen) atoms. The van der Waals surface area contributed by atoms with Crippen LogP contribution in [0, 0.1) is 11.3 Å². The number of piperazine rings is 1. The van der Waals surface area contributed by atoms with Gasteiger partial charge in [-0.1, -0.05) is 0 Å². The Bertz CT molecular complexity index is 1590. The Hall–Kier alpha value is -4.67. The summed E-state index contributed by atoms with van der Waals surface area (Å²) in [4.78, 5) is 32.2. The number of amides is 1. The summed E-state index contributed by atoms with van der Waals surface area (Å²) in [5, 5.41) is 13.2. The normalized spacial score (nSPS) is 18.9. The first-order valence-electron chi connectivity index (χ1n) is 15.6. The largest absolute Gasteiger partial charge is 0.495 e. The first kappa shape index (κ1) is 31.3. The van der Waals surface area contributed by atoms with Crippen molar-refractivity contribution in [1.82, 2.24) is 24.8 Å². The molecule has 3 aliphatic rings. The zero-order valence-electron chi connectivity index (χ0n) is 26.7. The fourth-order valence-electron chi connectivity index (χ4n) is 5.76. The molecule has 0 spiro atoms. The van der Waals surface area contributed by atoms with Crippen molar-refractivity contribution in [3.63, 3.8) is 0 Å². The van der Waals surface area contributed by atoms with Crippen LogP contribution in [0.1, 0.15) is 32.8 Å². The molecule has 0 radical (unpaired) electrons. The molecule has 4 heterocycles. The van der Waals surface area contributed by atoms with Gasteiger partial charge in [-0.25, -0.2) is 14.8 Å². The van der Waals surface area contributed by atoms with Crippen LogP contribution in [-0.4, -0.2) is 108 Å². The number of methoxy groups -OCH3 is 1. The van der Waals surface area contributed by atoms with Crippen LogP contribution in [0.3, 0.4) is 0 Å². The predicted octanol–water partition coefficient (Wildman–Crippen LogP) is 4.07. The average molecular weight is 629 g/mol. The van der Waals surface area contributed by atoms with Crippen LogP contribution >= 0.6 is 0 Å². The summed E-state index contributed by atoms with van der Waals surface area (Å²) in [6.07, 6.45) is 1.47. The Morgan fingerprint density at radius 3 is 2.54 bits per heavy atom. The van der Waals surface area contributed by atoms with E-state index in [4.69, 9.17) is 18.9 Å². The molecule has 13 nitrogen and oxygen atoms in total. The van der Waals surface area contributed by atoms with Crippen molar-refractivity contribution < 1.29 is 23.7 Å². The standard InChI is InChI=1S/C33H40N8O5/c1-33(2,3)46-32(42)41-10-9-26(18-41)45-28-8-5-22(15-23(28)17-34)30-35-21-36-31(38-30)37-24-6-7-27(29(16-24)43-4)40-13-11-39(12-14-40)25-19-44-20-25/h5-8,15-16,21,25-26H,9-14,18-20H2,1-4H3,(H,35,36,37,38)/t26-/m1/s1. The molecule has 3 fully saturated rings. The number of nitrogens with zero attached hydrogens (tertiary/aromatic N) is 7. The predicted molar refractivity (Wildman–Crippen MR) is 171 cm³/mol. The Kier molecular flexibility index (Phi) is 9.10. The SMILES string of the molecule is COc1cc(Nc2ncnc(-c3ccc(O[C@@H]4CCN(C(=O)OC(C)(C)C)C4)c(C#N)c3)n2)ccc1N1CCN(C2COC2)CC1. The average Bonchev–Trinajstić information content (AvgIpc) is 3.49. The van der Waals surface area contributed by atoms with Gasteiger partial charge in [0.25, 0.3) is 0 Å². The number of likely N-dealkylation sites (tertiary alicyclic amines) is 1. The Morgan fingerprint density at radius 1 is 1.04 bits per heavy atom. The van der Waals surface area contributed by atoms with Crippen LogP contribution in [0.4, 0.5) is 22.1 Å². The van der Waals surface area contributed by atoms with E-state index in [0.29, 0.717) is 54.2 Å². The lowest BCUT2D eigenvalue weighted by Gasteiger charge is -2.43. The van der Waals surface area contributed by atoms with Gasteiger partial charge in [-0.2, -0.15) is 10.2 Å². The molecule has 3 aliphatic heterocycles. The summed E-state index contributed by atoms with van der Waals surface area (Å²) in [5.74, 6) is 1.99. The number of benzene rings is 2. The number of nitriles is 1. The molecule has 242 valence electrons.